The molecule has 6 aliphatic heterocycles. The van der Waals surface area contributed by atoms with Gasteiger partial charge in [0.25, 0.3) is 0 Å². The van der Waals surface area contributed by atoms with Crippen LogP contribution in [0.1, 0.15) is 216 Å². The first-order valence-electron chi connectivity index (χ1n) is 40.1. The molecule has 1 aromatic carbocycles. The minimum atomic E-state index is -0.415. The summed E-state index contributed by atoms with van der Waals surface area (Å²) in [5.74, 6) is 6.61. The average molecular weight is 1520 g/mol. The van der Waals surface area contributed by atoms with E-state index in [0.717, 1.165) is 193 Å². The summed E-state index contributed by atoms with van der Waals surface area (Å²) in [5, 5.41) is 17.3. The third kappa shape index (κ3) is 19.3. The minimum Gasteiger partial charge on any atom is -0.438 e. The summed E-state index contributed by atoms with van der Waals surface area (Å²) in [6.45, 7) is 8.39. The molecule has 6 N–H and O–H groups in total. The van der Waals surface area contributed by atoms with E-state index in [9.17, 15) is 28.8 Å². The molecule has 4 fully saturated rings. The van der Waals surface area contributed by atoms with Crippen molar-refractivity contribution in [2.45, 2.75) is 224 Å². The highest BCUT2D eigenvalue weighted by Crippen LogP contribution is 2.68. The summed E-state index contributed by atoms with van der Waals surface area (Å²) < 4.78 is 45.4. The SMILES string of the molecule is O=C(NCCCC12CC3CC(C1)CC(CCCNC(=O)OC1CCn4ccnc41)(C3)C2)OC1CCn2ccnc21.O=C(NCCCc1cccc(CCCNC(=O)OC2CCn3ccnc32)n1)OC1CCn2ccnc21.O=C(NCCCc1cccc(CCNC(=O)O[C@@H]2CCn3ccnc32)c1)OC1CCn2ccnc21. The molecule has 18 rings (SSSR count). The monoisotopic (exact) mass is 1520 g/mol. The van der Waals surface area contributed by atoms with Gasteiger partial charge in [-0.25, -0.2) is 58.7 Å². The van der Waals surface area contributed by atoms with Crippen molar-refractivity contribution in [2.75, 3.05) is 39.3 Å². The first kappa shape index (κ1) is 75.7. The topological polar surface area (TPSA) is 350 Å². The molecule has 31 nitrogen and oxygen atoms in total. The Morgan fingerprint density at radius 2 is 0.631 bits per heavy atom. The summed E-state index contributed by atoms with van der Waals surface area (Å²) in [4.78, 5) is 104. The van der Waals surface area contributed by atoms with Crippen LogP contribution in [0.5, 0.6) is 0 Å². The molecule has 13 heterocycles. The van der Waals surface area contributed by atoms with Gasteiger partial charge in [-0.3, -0.25) is 4.98 Å². The highest BCUT2D eigenvalue weighted by molar-refractivity contribution is 5.69. The van der Waals surface area contributed by atoms with E-state index in [0.29, 0.717) is 56.5 Å². The van der Waals surface area contributed by atoms with Crippen LogP contribution in [0.25, 0.3) is 0 Å². The quantitative estimate of drug-likeness (QED) is 0.0187. The minimum absolute atomic E-state index is 0.235. The number of amides is 6. The molecule has 31 heteroatoms. The maximum Gasteiger partial charge on any atom is 0.407 e. The number of benzene rings is 1. The predicted molar refractivity (Wildman–Crippen MR) is 402 cm³/mol. The molecule has 4 aliphatic carbocycles. The third-order valence-electron chi connectivity index (χ3n) is 23.3. The molecule has 6 atom stereocenters. The highest BCUT2D eigenvalue weighted by Gasteiger charge is 2.57. The second-order valence-corrected chi connectivity index (χ2v) is 31.2. The Kier molecular flexibility index (Phi) is 24.2. The second-order valence-electron chi connectivity index (χ2n) is 31.2. The van der Waals surface area contributed by atoms with Crippen molar-refractivity contribution < 1.29 is 57.2 Å². The number of imidazole rings is 6. The molecule has 4 bridgehead atoms. The van der Waals surface area contributed by atoms with Gasteiger partial charge in [0, 0.05) is 203 Å². The van der Waals surface area contributed by atoms with Crippen LogP contribution in [0.2, 0.25) is 0 Å². The lowest BCUT2D eigenvalue weighted by molar-refractivity contribution is -0.118. The van der Waals surface area contributed by atoms with Crippen LogP contribution < -0.4 is 31.9 Å². The summed E-state index contributed by atoms with van der Waals surface area (Å²) in [6, 6.07) is 14.2. The number of ether oxygens (including phenoxy) is 6. The number of carbonyl (C=O) groups excluding carboxylic acids is 6. The molecule has 0 spiro atoms. The fourth-order valence-electron chi connectivity index (χ4n) is 18.8. The Morgan fingerprint density at radius 1 is 0.351 bits per heavy atom. The van der Waals surface area contributed by atoms with E-state index in [1.54, 1.807) is 37.2 Å². The van der Waals surface area contributed by atoms with Crippen molar-refractivity contribution >= 4 is 36.6 Å². The zero-order chi connectivity index (χ0) is 75.9. The largest absolute Gasteiger partial charge is 0.438 e. The number of pyridine rings is 1. The Labute approximate surface area is 644 Å². The van der Waals surface area contributed by atoms with Crippen LogP contribution in [-0.2, 0) is 93.4 Å². The Hall–Kier alpha value is -10.8. The average Bonchev–Trinajstić information content (AvgIpc) is 1.48. The summed E-state index contributed by atoms with van der Waals surface area (Å²) in [7, 11) is 0. The van der Waals surface area contributed by atoms with Gasteiger partial charge in [0.15, 0.2) is 36.6 Å². The Balaban J connectivity index is 0.000000132. The second kappa shape index (κ2) is 35.5. The highest BCUT2D eigenvalue weighted by atomic mass is 16.6. The lowest BCUT2D eigenvalue weighted by Crippen LogP contribution is -2.52. The van der Waals surface area contributed by atoms with Gasteiger partial charge in [0.2, 0.25) is 0 Å². The third-order valence-corrected chi connectivity index (χ3v) is 23.3. The van der Waals surface area contributed by atoms with Crippen LogP contribution in [0.15, 0.2) is 117 Å². The predicted octanol–water partition coefficient (Wildman–Crippen LogP) is 11.6. The number of aromatic nitrogens is 13. The lowest BCUT2D eigenvalue weighted by Gasteiger charge is -2.63. The van der Waals surface area contributed by atoms with Crippen LogP contribution in [-0.4, -0.2) is 138 Å². The van der Waals surface area contributed by atoms with E-state index in [1.165, 1.54) is 56.9 Å². The number of alkyl carbamates (subject to hydrolysis) is 6. The normalized spacial score (nSPS) is 23.4. The van der Waals surface area contributed by atoms with Crippen LogP contribution in [0, 0.1) is 22.7 Å². The molecule has 590 valence electrons. The zero-order valence-electron chi connectivity index (χ0n) is 63.0. The van der Waals surface area contributed by atoms with Crippen molar-refractivity contribution in [2.24, 2.45) is 22.7 Å². The Bertz CT molecular complexity index is 4290. The van der Waals surface area contributed by atoms with Gasteiger partial charge in [-0.1, -0.05) is 30.3 Å². The molecule has 5 unspecified atom stereocenters. The number of nitrogens with zero attached hydrogens (tertiary/aromatic N) is 13. The van der Waals surface area contributed by atoms with Gasteiger partial charge in [-0.05, 0) is 155 Å². The maximum absolute atomic E-state index is 12.4. The van der Waals surface area contributed by atoms with E-state index in [-0.39, 0.29) is 48.8 Å². The maximum atomic E-state index is 12.4. The smallest absolute Gasteiger partial charge is 0.407 e. The number of hydrogen-bond donors (Lipinski definition) is 6. The van der Waals surface area contributed by atoms with Gasteiger partial charge in [-0.15, -0.1) is 0 Å². The van der Waals surface area contributed by atoms with Gasteiger partial charge in [0.05, 0.1) is 0 Å². The van der Waals surface area contributed by atoms with Gasteiger partial charge in [-0.2, -0.15) is 0 Å². The molecule has 4 saturated carbocycles. The molecular weight excluding hydrogens is 1420 g/mol. The molecule has 8 aromatic rings. The number of carbonyl (C=O) groups is 6. The van der Waals surface area contributed by atoms with E-state index < -0.39 is 24.4 Å². The van der Waals surface area contributed by atoms with Crippen molar-refractivity contribution in [3.05, 3.63) is 174 Å². The molecule has 111 heavy (non-hydrogen) atoms. The fourth-order valence-corrected chi connectivity index (χ4v) is 18.8. The number of fused-ring (bicyclic) bond motifs is 6. The van der Waals surface area contributed by atoms with Gasteiger partial charge >= 0.3 is 36.6 Å². The molecule has 0 saturated heterocycles. The zero-order valence-corrected chi connectivity index (χ0v) is 63.0. The fraction of sp³-hybridized carbons (Fsp3) is 0.562. The number of hydrogen-bond acceptors (Lipinski definition) is 19. The summed E-state index contributed by atoms with van der Waals surface area (Å²) in [6.07, 6.45) is 40.5. The number of nitrogens with one attached hydrogen (secondary N) is 6. The standard InChI is InChI=1S/C30H42N6O4.C25H31N7O4.C25H30N6O4/c37-27(39-23-3-11-35-13-9-31-25(23)35)33-7-1-5-29-16-21-15-22(17-29)19-30(18-21,20-29)6-2-8-34-28(38)40-24-4-12-36-14-10-32-26(24)36;33-24(35-20-8-14-31-16-12-26-22(20)31)28-10-2-6-18-4-1-5-19(30-18)7-3-11-29-25(34)36-21-9-15-32-17-13-27-23(21)32;32-24(34-20-7-13-30-15-11-26-22(20)30)28-9-2-5-18-3-1-4-19(17-18)6-10-29-25(33)35-21-8-14-31-16-12-27-23(21)31/h9-10,13-14,21-24H,1-8,11-12,15-20H2,(H,33,37)(H,34,38);1,4-5,12-13,16-17,20-21H,2-3,6-11,14-15H2,(H,28,33)(H,29,34);1,3-4,11-12,15-17,20-21H,2,5-10,13-14H2,(H,28,32)(H,29,33)/t;;20?,21-/m..1/s1. The van der Waals surface area contributed by atoms with Crippen molar-refractivity contribution in [1.82, 2.24) is 94.2 Å². The Morgan fingerprint density at radius 3 is 0.955 bits per heavy atom. The first-order valence-corrected chi connectivity index (χ1v) is 40.1. The van der Waals surface area contributed by atoms with Gasteiger partial charge < -0.3 is 87.7 Å². The van der Waals surface area contributed by atoms with E-state index in [2.05, 4.69) is 83.1 Å². The number of rotatable bonds is 29. The molecule has 10 aliphatic rings. The lowest BCUT2D eigenvalue weighted by atomic mass is 9.42. The van der Waals surface area contributed by atoms with Crippen LogP contribution in [0.3, 0.4) is 0 Å². The van der Waals surface area contributed by atoms with Gasteiger partial charge in [0.1, 0.15) is 34.9 Å². The molecular formula is C80H103N19O12. The van der Waals surface area contributed by atoms with Crippen molar-refractivity contribution in [3.63, 3.8) is 0 Å². The molecule has 7 aromatic heterocycles. The molecule has 6 amide bonds. The first-order chi connectivity index (χ1) is 54.3. The van der Waals surface area contributed by atoms with Crippen molar-refractivity contribution in [1.29, 1.82) is 0 Å². The van der Waals surface area contributed by atoms with E-state index in [4.69, 9.17) is 33.4 Å². The number of aryl methyl sites for hydroxylation is 9. The summed E-state index contributed by atoms with van der Waals surface area (Å²) >= 11 is 0. The van der Waals surface area contributed by atoms with Crippen LogP contribution >= 0.6 is 0 Å². The summed E-state index contributed by atoms with van der Waals surface area (Å²) in [5.41, 5.74) is 5.12. The molecule has 0 radical (unpaired) electrons. The van der Waals surface area contributed by atoms with Crippen LogP contribution in [0.4, 0.5) is 28.8 Å². The van der Waals surface area contributed by atoms with E-state index >= 15 is 0 Å². The van der Waals surface area contributed by atoms with Crippen molar-refractivity contribution in [3.8, 4) is 0 Å². The van der Waals surface area contributed by atoms with E-state index in [1.807, 2.05) is 85.8 Å².